The monoisotopic (exact) mass is 383 g/mol. The van der Waals surface area contributed by atoms with Crippen LogP contribution >= 0.6 is 27.5 Å². The van der Waals surface area contributed by atoms with Crippen molar-refractivity contribution in [3.8, 4) is 0 Å². The molecular weight excluding hydrogens is 379 g/mol. The van der Waals surface area contributed by atoms with E-state index in [1.54, 1.807) is 0 Å². The molecule has 0 heterocycles. The molecule has 0 saturated carbocycles. The molecule has 112 valence electrons. The van der Waals surface area contributed by atoms with E-state index in [0.29, 0.717) is 4.47 Å². The Bertz CT molecular complexity index is 501. The number of hydrogen-bond acceptors (Lipinski definition) is 1. The van der Waals surface area contributed by atoms with Crippen molar-refractivity contribution >= 4 is 39.1 Å². The molecule has 0 fully saturated rings. The summed E-state index contributed by atoms with van der Waals surface area (Å²) in [6.07, 6.45) is -11.5. The molecule has 2 nitrogen and oxygen atoms in total. The Kier molecular flexibility index (Phi) is 4.96. The number of hydrogen-bond donors (Lipinski definition) is 1. The van der Waals surface area contributed by atoms with Crippen molar-refractivity contribution in [3.63, 3.8) is 0 Å². The lowest BCUT2D eigenvalue weighted by molar-refractivity contribution is -0.272. The molecule has 10 heteroatoms. The van der Waals surface area contributed by atoms with Crippen molar-refractivity contribution in [3.05, 3.63) is 27.7 Å². The Morgan fingerprint density at radius 3 is 2.05 bits per heavy atom. The highest BCUT2D eigenvalue weighted by Crippen LogP contribution is 2.40. The molecule has 0 spiro atoms. The van der Waals surface area contributed by atoms with Gasteiger partial charge in [0.05, 0.1) is 5.02 Å². The summed E-state index contributed by atoms with van der Waals surface area (Å²) >= 11 is 8.60. The van der Waals surface area contributed by atoms with E-state index in [2.05, 4.69) is 15.9 Å². The highest BCUT2D eigenvalue weighted by molar-refractivity contribution is 9.10. The predicted molar refractivity (Wildman–Crippen MR) is 63.4 cm³/mol. The van der Waals surface area contributed by atoms with Gasteiger partial charge in [0.1, 0.15) is 0 Å². The highest BCUT2D eigenvalue weighted by atomic mass is 79.9. The van der Waals surface area contributed by atoms with Crippen molar-refractivity contribution in [2.45, 2.75) is 12.4 Å². The third-order valence-electron chi connectivity index (χ3n) is 2.10. The van der Waals surface area contributed by atoms with Gasteiger partial charge in [-0.15, -0.1) is 0 Å². The molecule has 1 aromatic rings. The quantitative estimate of drug-likeness (QED) is 0.731. The summed E-state index contributed by atoms with van der Waals surface area (Å²) in [5, 5.41) is 1.57. The number of benzene rings is 1. The Morgan fingerprint density at radius 1 is 1.15 bits per heavy atom. The first-order valence-electron chi connectivity index (χ1n) is 4.82. The summed E-state index contributed by atoms with van der Waals surface area (Å²) < 4.78 is 74.2. The fourth-order valence-corrected chi connectivity index (χ4v) is 1.70. The van der Waals surface area contributed by atoms with Crippen LogP contribution in [0, 0.1) is 5.92 Å². The van der Waals surface area contributed by atoms with Crippen molar-refractivity contribution in [2.75, 3.05) is 5.32 Å². The number of amides is 1. The van der Waals surface area contributed by atoms with E-state index in [9.17, 15) is 31.1 Å². The van der Waals surface area contributed by atoms with Crippen molar-refractivity contribution in [2.24, 2.45) is 5.92 Å². The number of rotatable bonds is 2. The van der Waals surface area contributed by atoms with Crippen LogP contribution in [-0.4, -0.2) is 18.3 Å². The lowest BCUT2D eigenvalue weighted by atomic mass is 10.1. The maximum Gasteiger partial charge on any atom is 0.409 e. The second-order valence-corrected chi connectivity index (χ2v) is 4.90. The molecule has 0 aliphatic carbocycles. The second-order valence-electron chi connectivity index (χ2n) is 3.63. The van der Waals surface area contributed by atoms with Crippen molar-refractivity contribution in [1.29, 1.82) is 0 Å². The summed E-state index contributed by atoms with van der Waals surface area (Å²) in [5.41, 5.74) is -0.276. The SMILES string of the molecule is O=C(Nc1ccc(Br)c(Cl)c1)C(C(F)(F)F)C(F)(F)F. The number of anilines is 1. The zero-order valence-corrected chi connectivity index (χ0v) is 11.6. The van der Waals surface area contributed by atoms with Crippen LogP contribution in [0.25, 0.3) is 0 Å². The minimum Gasteiger partial charge on any atom is -0.325 e. The fraction of sp³-hybridized carbons (Fsp3) is 0.300. The molecule has 1 rings (SSSR count). The van der Waals surface area contributed by atoms with Gasteiger partial charge in [0.15, 0.2) is 0 Å². The number of halogens is 8. The molecule has 20 heavy (non-hydrogen) atoms. The summed E-state index contributed by atoms with van der Waals surface area (Å²) in [6.45, 7) is 0. The van der Waals surface area contributed by atoms with Gasteiger partial charge < -0.3 is 5.32 Å². The van der Waals surface area contributed by atoms with E-state index in [-0.39, 0.29) is 10.7 Å². The van der Waals surface area contributed by atoms with Crippen molar-refractivity contribution in [1.82, 2.24) is 0 Å². The van der Waals surface area contributed by atoms with Crippen LogP contribution in [0.4, 0.5) is 32.0 Å². The minimum atomic E-state index is -5.73. The maximum atomic E-state index is 12.3. The second kappa shape index (κ2) is 5.80. The Hall–Kier alpha value is -0.960. The summed E-state index contributed by atoms with van der Waals surface area (Å²) in [6, 6.07) is 3.40. The third-order valence-corrected chi connectivity index (χ3v) is 3.34. The van der Waals surface area contributed by atoms with Gasteiger partial charge in [0.2, 0.25) is 11.8 Å². The van der Waals surface area contributed by atoms with Crippen LogP contribution in [0.5, 0.6) is 0 Å². The van der Waals surface area contributed by atoms with Gasteiger partial charge in [-0.3, -0.25) is 4.79 Å². The van der Waals surface area contributed by atoms with Crippen LogP contribution < -0.4 is 5.32 Å². The van der Waals surface area contributed by atoms with Gasteiger partial charge >= 0.3 is 12.4 Å². The average molecular weight is 385 g/mol. The standard InChI is InChI=1S/C10H5BrClF6NO/c11-5-2-1-4(3-6(5)12)19-8(20)7(9(13,14)15)10(16,17)18/h1-3,7H,(H,19,20). The molecule has 0 atom stereocenters. The van der Waals surface area contributed by atoms with Crippen LogP contribution in [0.15, 0.2) is 22.7 Å². The van der Waals surface area contributed by atoms with Crippen molar-refractivity contribution < 1.29 is 31.1 Å². The topological polar surface area (TPSA) is 29.1 Å². The van der Waals surface area contributed by atoms with Crippen LogP contribution in [-0.2, 0) is 4.79 Å². The van der Waals surface area contributed by atoms with E-state index >= 15 is 0 Å². The molecular formula is C10H5BrClF6NO. The molecule has 0 saturated heterocycles. The predicted octanol–water partition coefficient (Wildman–Crippen LogP) is 4.78. The molecule has 0 aliphatic rings. The molecule has 1 N–H and O–H groups in total. The van der Waals surface area contributed by atoms with E-state index in [0.717, 1.165) is 12.1 Å². The van der Waals surface area contributed by atoms with E-state index < -0.39 is 24.2 Å². The molecule has 1 amide bonds. The Labute approximate surface area is 122 Å². The first-order valence-corrected chi connectivity index (χ1v) is 5.99. The first kappa shape index (κ1) is 17.1. The molecule has 0 aromatic heterocycles. The minimum absolute atomic E-state index is 0.0263. The summed E-state index contributed by atoms with van der Waals surface area (Å²) in [7, 11) is 0. The Morgan fingerprint density at radius 2 is 1.65 bits per heavy atom. The van der Waals surface area contributed by atoms with Gasteiger partial charge in [0.25, 0.3) is 0 Å². The number of carbonyl (C=O) groups is 1. The highest BCUT2D eigenvalue weighted by Gasteiger charge is 2.61. The molecule has 0 radical (unpaired) electrons. The fourth-order valence-electron chi connectivity index (χ4n) is 1.27. The lowest BCUT2D eigenvalue weighted by Crippen LogP contribution is -2.45. The van der Waals surface area contributed by atoms with Crippen LogP contribution in [0.1, 0.15) is 0 Å². The number of alkyl halides is 6. The van der Waals surface area contributed by atoms with E-state index in [1.165, 1.54) is 11.4 Å². The van der Waals surface area contributed by atoms with Gasteiger partial charge in [-0.2, -0.15) is 26.3 Å². The van der Waals surface area contributed by atoms with Crippen LogP contribution in [0.3, 0.4) is 0 Å². The van der Waals surface area contributed by atoms with Gasteiger partial charge in [-0.05, 0) is 34.1 Å². The maximum absolute atomic E-state index is 12.3. The molecule has 0 unspecified atom stereocenters. The normalized spacial score (nSPS) is 12.7. The number of nitrogens with one attached hydrogen (secondary N) is 1. The zero-order chi connectivity index (χ0) is 15.7. The lowest BCUT2D eigenvalue weighted by Gasteiger charge is -2.22. The van der Waals surface area contributed by atoms with Gasteiger partial charge in [-0.1, -0.05) is 11.6 Å². The molecule has 0 bridgehead atoms. The first-order chi connectivity index (χ1) is 8.93. The zero-order valence-electron chi connectivity index (χ0n) is 9.24. The average Bonchev–Trinajstić information content (AvgIpc) is 2.18. The third kappa shape index (κ3) is 4.27. The Balaban J connectivity index is 3.00. The van der Waals surface area contributed by atoms with E-state index in [1.807, 2.05) is 0 Å². The van der Waals surface area contributed by atoms with E-state index in [4.69, 9.17) is 11.6 Å². The molecule has 1 aromatic carbocycles. The molecule has 0 aliphatic heterocycles. The van der Waals surface area contributed by atoms with Gasteiger partial charge in [0, 0.05) is 10.2 Å². The van der Waals surface area contributed by atoms with Crippen LogP contribution in [0.2, 0.25) is 5.02 Å². The summed E-state index contributed by atoms with van der Waals surface area (Å²) in [4.78, 5) is 11.2. The summed E-state index contributed by atoms with van der Waals surface area (Å²) in [5.74, 6) is -6.32. The van der Waals surface area contributed by atoms with Gasteiger partial charge in [-0.25, -0.2) is 0 Å². The number of carbonyl (C=O) groups excluding carboxylic acids is 1. The smallest absolute Gasteiger partial charge is 0.325 e. The largest absolute Gasteiger partial charge is 0.409 e.